The first-order valence-corrected chi connectivity index (χ1v) is 14.6. The maximum Gasteiger partial charge on any atom is 0.228 e. The largest absolute Gasteiger partial charge is 0.457 e. The minimum atomic E-state index is -0.0751. The van der Waals surface area contributed by atoms with Gasteiger partial charge in [-0.3, -0.25) is 4.79 Å². The zero-order chi connectivity index (χ0) is 29.3. The SMILES string of the molecule is CC(C)N1CCC(C(=O)Nc2cc(Oc3ccc4c(c3)nc(Nc3ccc(Cl)c(C(C)(C)C)c3)n4C)ccn2)CC1. The summed E-state index contributed by atoms with van der Waals surface area (Å²) in [7, 11) is 1.98. The minimum absolute atomic E-state index is 0.00124. The summed E-state index contributed by atoms with van der Waals surface area (Å²) in [5, 5.41) is 7.16. The van der Waals surface area contributed by atoms with Gasteiger partial charge in [0.05, 0.1) is 11.0 Å². The molecule has 0 unspecified atom stereocenters. The lowest BCUT2D eigenvalue weighted by molar-refractivity contribution is -0.121. The Morgan fingerprint density at radius 3 is 2.49 bits per heavy atom. The number of aromatic nitrogens is 3. The number of ether oxygens (including phenoxy) is 1. The van der Waals surface area contributed by atoms with Gasteiger partial charge in [-0.1, -0.05) is 32.4 Å². The maximum absolute atomic E-state index is 12.9. The molecule has 1 aliphatic rings. The number of carbonyl (C=O) groups excluding carboxylic acids is 1. The molecule has 0 atom stereocenters. The third-order valence-electron chi connectivity index (χ3n) is 7.73. The molecule has 41 heavy (non-hydrogen) atoms. The number of benzene rings is 2. The summed E-state index contributed by atoms with van der Waals surface area (Å²) >= 11 is 6.46. The summed E-state index contributed by atoms with van der Waals surface area (Å²) in [6, 6.07) is 15.8. The van der Waals surface area contributed by atoms with E-state index in [2.05, 4.69) is 61.2 Å². The van der Waals surface area contributed by atoms with Crippen molar-refractivity contribution in [2.75, 3.05) is 23.7 Å². The predicted molar refractivity (Wildman–Crippen MR) is 167 cm³/mol. The minimum Gasteiger partial charge on any atom is -0.457 e. The van der Waals surface area contributed by atoms with E-state index in [1.807, 2.05) is 41.9 Å². The number of rotatable bonds is 7. The van der Waals surface area contributed by atoms with E-state index in [0.29, 0.717) is 29.3 Å². The molecule has 216 valence electrons. The molecular weight excluding hydrogens is 536 g/mol. The number of nitrogens with zero attached hydrogens (tertiary/aromatic N) is 4. The summed E-state index contributed by atoms with van der Waals surface area (Å²) < 4.78 is 8.16. The second-order valence-corrected chi connectivity index (χ2v) is 12.5. The number of imidazole rings is 1. The molecule has 5 rings (SSSR count). The first-order chi connectivity index (χ1) is 19.5. The van der Waals surface area contributed by atoms with Crippen LogP contribution in [0.15, 0.2) is 54.7 Å². The lowest BCUT2D eigenvalue weighted by Crippen LogP contribution is -2.41. The average molecular weight is 575 g/mol. The standard InChI is InChI=1S/C32H39ClN6O2/c1-20(2)39-15-12-21(13-16-39)30(40)37-29-19-24(11-14-34-29)41-23-8-10-28-27(18-23)36-31(38(28)6)35-22-7-9-26(33)25(17-22)32(3,4)5/h7-11,14,17-21H,12-13,15-16H2,1-6H3,(H,35,36)(H,34,37,40). The van der Waals surface area contributed by atoms with Crippen molar-refractivity contribution in [3.05, 3.63) is 65.3 Å². The normalized spacial score (nSPS) is 14.9. The van der Waals surface area contributed by atoms with E-state index in [0.717, 1.165) is 53.2 Å². The zero-order valence-corrected chi connectivity index (χ0v) is 25.4. The fourth-order valence-electron chi connectivity index (χ4n) is 5.25. The molecule has 2 aromatic heterocycles. The number of nitrogens with one attached hydrogen (secondary N) is 2. The second-order valence-electron chi connectivity index (χ2n) is 12.1. The molecule has 8 nitrogen and oxygen atoms in total. The van der Waals surface area contributed by atoms with Crippen molar-refractivity contribution in [2.45, 2.75) is 58.9 Å². The Labute approximate surface area is 247 Å². The van der Waals surface area contributed by atoms with Crippen molar-refractivity contribution in [3.63, 3.8) is 0 Å². The molecule has 1 fully saturated rings. The third-order valence-corrected chi connectivity index (χ3v) is 8.06. The van der Waals surface area contributed by atoms with Gasteiger partial charge in [0.25, 0.3) is 0 Å². The van der Waals surface area contributed by atoms with Gasteiger partial charge in [-0.15, -0.1) is 0 Å². The maximum atomic E-state index is 12.9. The number of aryl methyl sites for hydroxylation is 1. The number of likely N-dealkylation sites (tertiary alicyclic amines) is 1. The van der Waals surface area contributed by atoms with Crippen molar-refractivity contribution >= 4 is 46.0 Å². The number of fused-ring (bicyclic) bond motifs is 1. The van der Waals surface area contributed by atoms with E-state index < -0.39 is 0 Å². The van der Waals surface area contributed by atoms with Gasteiger partial charge in [-0.25, -0.2) is 9.97 Å². The van der Waals surface area contributed by atoms with Crippen molar-refractivity contribution in [1.29, 1.82) is 0 Å². The number of halogens is 1. The molecule has 3 heterocycles. The average Bonchev–Trinajstić information content (AvgIpc) is 3.23. The molecule has 0 bridgehead atoms. The first-order valence-electron chi connectivity index (χ1n) is 14.2. The fourth-order valence-corrected chi connectivity index (χ4v) is 5.65. The molecule has 9 heteroatoms. The van der Waals surface area contributed by atoms with E-state index in [9.17, 15) is 4.79 Å². The Bertz CT molecular complexity index is 1550. The highest BCUT2D eigenvalue weighted by atomic mass is 35.5. The van der Waals surface area contributed by atoms with Crippen LogP contribution in [0, 0.1) is 5.92 Å². The monoisotopic (exact) mass is 574 g/mol. The van der Waals surface area contributed by atoms with Crippen LogP contribution in [0.5, 0.6) is 11.5 Å². The molecule has 2 aromatic carbocycles. The lowest BCUT2D eigenvalue weighted by atomic mass is 9.87. The Kier molecular flexibility index (Phi) is 8.25. The van der Waals surface area contributed by atoms with Gasteiger partial charge >= 0.3 is 0 Å². The molecule has 0 radical (unpaired) electrons. The molecule has 1 aliphatic heterocycles. The number of anilines is 3. The Balaban J connectivity index is 1.27. The number of hydrogen-bond donors (Lipinski definition) is 2. The van der Waals surface area contributed by atoms with Crippen LogP contribution in [0.3, 0.4) is 0 Å². The molecule has 0 spiro atoms. The third kappa shape index (κ3) is 6.66. The quantitative estimate of drug-likeness (QED) is 0.237. The highest BCUT2D eigenvalue weighted by molar-refractivity contribution is 6.31. The number of hydrogen-bond acceptors (Lipinski definition) is 6. The predicted octanol–water partition coefficient (Wildman–Crippen LogP) is 7.51. The van der Waals surface area contributed by atoms with Crippen LogP contribution >= 0.6 is 11.6 Å². The van der Waals surface area contributed by atoms with E-state index in [1.54, 1.807) is 18.3 Å². The van der Waals surface area contributed by atoms with Crippen LogP contribution in [0.1, 0.15) is 53.0 Å². The number of pyridine rings is 1. The number of piperidine rings is 1. The fraction of sp³-hybridized carbons (Fsp3) is 0.406. The van der Waals surface area contributed by atoms with Gasteiger partial charge in [0.1, 0.15) is 17.3 Å². The summed E-state index contributed by atoms with van der Waals surface area (Å²) in [5.41, 5.74) is 3.69. The molecule has 0 saturated carbocycles. The number of amides is 1. The van der Waals surface area contributed by atoms with Crippen LogP contribution in [0.25, 0.3) is 11.0 Å². The van der Waals surface area contributed by atoms with Gasteiger partial charge in [0, 0.05) is 48.0 Å². The highest BCUT2D eigenvalue weighted by Gasteiger charge is 2.26. The Morgan fingerprint density at radius 1 is 1.05 bits per heavy atom. The van der Waals surface area contributed by atoms with E-state index in [1.165, 1.54) is 0 Å². The molecule has 1 amide bonds. The van der Waals surface area contributed by atoms with Crippen LogP contribution in [0.2, 0.25) is 5.02 Å². The van der Waals surface area contributed by atoms with Crippen molar-refractivity contribution in [2.24, 2.45) is 13.0 Å². The van der Waals surface area contributed by atoms with E-state index >= 15 is 0 Å². The van der Waals surface area contributed by atoms with E-state index in [-0.39, 0.29) is 17.2 Å². The summed E-state index contributed by atoms with van der Waals surface area (Å²) in [6.45, 7) is 12.7. The van der Waals surface area contributed by atoms with Gasteiger partial charge in [-0.05, 0) is 87.2 Å². The van der Waals surface area contributed by atoms with Crippen LogP contribution in [-0.2, 0) is 17.3 Å². The topological polar surface area (TPSA) is 84.3 Å². The molecule has 0 aliphatic carbocycles. The zero-order valence-electron chi connectivity index (χ0n) is 24.7. The van der Waals surface area contributed by atoms with Crippen molar-refractivity contribution < 1.29 is 9.53 Å². The first kappa shape index (κ1) is 28.9. The molecule has 2 N–H and O–H groups in total. The molecule has 4 aromatic rings. The summed E-state index contributed by atoms with van der Waals surface area (Å²) in [6.07, 6.45) is 3.36. The van der Waals surface area contributed by atoms with E-state index in [4.69, 9.17) is 21.3 Å². The van der Waals surface area contributed by atoms with Crippen molar-refractivity contribution in [1.82, 2.24) is 19.4 Å². The van der Waals surface area contributed by atoms with Crippen molar-refractivity contribution in [3.8, 4) is 11.5 Å². The molecular formula is C32H39ClN6O2. The lowest BCUT2D eigenvalue weighted by Gasteiger charge is -2.33. The highest BCUT2D eigenvalue weighted by Crippen LogP contribution is 2.33. The second kappa shape index (κ2) is 11.7. The number of carbonyl (C=O) groups is 1. The Morgan fingerprint density at radius 2 is 1.78 bits per heavy atom. The van der Waals surface area contributed by atoms with Gasteiger partial charge in [0.2, 0.25) is 11.9 Å². The van der Waals surface area contributed by atoms with Crippen LogP contribution in [-0.4, -0.2) is 44.5 Å². The smallest absolute Gasteiger partial charge is 0.228 e. The van der Waals surface area contributed by atoms with Crippen LogP contribution < -0.4 is 15.4 Å². The summed E-state index contributed by atoms with van der Waals surface area (Å²) in [5.74, 6) is 2.46. The van der Waals surface area contributed by atoms with Gasteiger partial charge in [0.15, 0.2) is 0 Å². The van der Waals surface area contributed by atoms with Gasteiger partial charge < -0.3 is 24.8 Å². The van der Waals surface area contributed by atoms with Crippen LogP contribution in [0.4, 0.5) is 17.5 Å². The molecule has 1 saturated heterocycles. The Hall–Kier alpha value is -3.62. The van der Waals surface area contributed by atoms with Gasteiger partial charge in [-0.2, -0.15) is 0 Å². The summed E-state index contributed by atoms with van der Waals surface area (Å²) in [4.78, 5) is 24.4.